The molecule has 51 heavy (non-hydrogen) atoms. The third-order valence-electron chi connectivity index (χ3n) is 10.9. The van der Waals surface area contributed by atoms with E-state index in [2.05, 4.69) is 51.7 Å². The molecule has 2 aromatic carbocycles. The molecule has 0 bridgehead atoms. The Balaban J connectivity index is 1.09. The topological polar surface area (TPSA) is 148 Å². The van der Waals surface area contributed by atoms with E-state index in [9.17, 15) is 22.8 Å². The van der Waals surface area contributed by atoms with E-state index in [0.29, 0.717) is 65.3 Å². The first-order chi connectivity index (χ1) is 24.5. The number of benzene rings is 2. The summed E-state index contributed by atoms with van der Waals surface area (Å²) < 4.78 is 30.8. The predicted octanol–water partition coefficient (Wildman–Crippen LogP) is 4.69. The lowest BCUT2D eigenvalue weighted by atomic mass is 9.99. The molecule has 0 aliphatic carbocycles. The number of Topliss-reactive ketones (excluding diaryl/α,β-unsaturated/α-hetero) is 1. The molecule has 278 valence electrons. The van der Waals surface area contributed by atoms with Gasteiger partial charge in [0.1, 0.15) is 6.04 Å². The van der Waals surface area contributed by atoms with Crippen LogP contribution in [-0.2, 0) is 21.2 Å². The lowest BCUT2D eigenvalue weighted by Crippen LogP contribution is -2.55. The SMILES string of the molecule is Nc1c(Br)cc(C(=O)CC(NS(=O)(=O)CCN2CCC(N3CCCCC3)CC2)C(=O)N2CCC(N3CCc4ccccc4NC3=O)CC2)cc1Br. The number of anilines is 2. The Labute approximate surface area is 318 Å². The molecule has 4 aliphatic heterocycles. The molecule has 3 amide bonds. The average molecular weight is 852 g/mol. The number of fused-ring (bicyclic) bond motifs is 1. The van der Waals surface area contributed by atoms with Crippen molar-refractivity contribution in [1.82, 2.24) is 24.3 Å². The molecule has 1 atom stereocenters. The third-order valence-corrected chi connectivity index (χ3v) is 13.6. The number of nitrogens with one attached hydrogen (secondary N) is 2. The highest BCUT2D eigenvalue weighted by atomic mass is 79.9. The second kappa shape index (κ2) is 17.1. The Morgan fingerprint density at radius 1 is 0.902 bits per heavy atom. The smallest absolute Gasteiger partial charge is 0.322 e. The lowest BCUT2D eigenvalue weighted by Gasteiger charge is -2.40. The van der Waals surface area contributed by atoms with E-state index in [-0.39, 0.29) is 30.0 Å². The summed E-state index contributed by atoms with van der Waals surface area (Å²) in [5.41, 5.74) is 8.68. The summed E-state index contributed by atoms with van der Waals surface area (Å²) in [5, 5.41) is 3.02. The largest absolute Gasteiger partial charge is 0.397 e. The van der Waals surface area contributed by atoms with Crippen LogP contribution < -0.4 is 15.8 Å². The van der Waals surface area contributed by atoms with Gasteiger partial charge in [-0.1, -0.05) is 24.6 Å². The highest BCUT2D eigenvalue weighted by Crippen LogP contribution is 2.31. The number of halogens is 2. The van der Waals surface area contributed by atoms with Gasteiger partial charge in [0.05, 0.1) is 11.4 Å². The normalized spacial score (nSPS) is 20.8. The van der Waals surface area contributed by atoms with E-state index in [4.69, 9.17) is 5.73 Å². The van der Waals surface area contributed by atoms with E-state index in [1.54, 1.807) is 17.0 Å². The van der Waals surface area contributed by atoms with Crippen molar-refractivity contribution in [2.24, 2.45) is 0 Å². The number of hydrogen-bond acceptors (Lipinski definition) is 8. The summed E-state index contributed by atoms with van der Waals surface area (Å²) in [4.78, 5) is 49.1. The van der Waals surface area contributed by atoms with E-state index < -0.39 is 22.0 Å². The Morgan fingerprint density at radius 3 is 2.24 bits per heavy atom. The van der Waals surface area contributed by atoms with Crippen LogP contribution in [0.15, 0.2) is 45.3 Å². The van der Waals surface area contributed by atoms with Gasteiger partial charge in [-0.05, 0) is 127 Å². The van der Waals surface area contributed by atoms with Crippen molar-refractivity contribution >= 4 is 71.0 Å². The van der Waals surface area contributed by atoms with Crippen LogP contribution in [0.3, 0.4) is 0 Å². The van der Waals surface area contributed by atoms with Crippen molar-refractivity contribution < 1.29 is 22.8 Å². The maximum atomic E-state index is 14.1. The minimum atomic E-state index is -3.92. The number of urea groups is 1. The molecule has 15 heteroatoms. The zero-order chi connectivity index (χ0) is 36.1. The van der Waals surface area contributed by atoms with E-state index in [1.807, 2.05) is 29.2 Å². The quantitative estimate of drug-likeness (QED) is 0.218. The summed E-state index contributed by atoms with van der Waals surface area (Å²) in [5.74, 6) is -0.978. The van der Waals surface area contributed by atoms with Gasteiger partial charge in [-0.3, -0.25) is 9.59 Å². The fourth-order valence-electron chi connectivity index (χ4n) is 7.90. The lowest BCUT2D eigenvalue weighted by molar-refractivity contribution is -0.134. The maximum absolute atomic E-state index is 14.1. The van der Waals surface area contributed by atoms with Gasteiger partial charge in [0, 0.05) is 64.9 Å². The molecule has 4 aliphatic rings. The molecule has 4 heterocycles. The van der Waals surface area contributed by atoms with Crippen molar-refractivity contribution in [1.29, 1.82) is 0 Å². The van der Waals surface area contributed by atoms with Gasteiger partial charge in [0.2, 0.25) is 15.9 Å². The van der Waals surface area contributed by atoms with E-state index >= 15 is 0 Å². The molecular formula is C36H49Br2N7O5S. The molecule has 1 unspecified atom stereocenters. The Bertz CT molecular complexity index is 1670. The highest BCUT2D eigenvalue weighted by molar-refractivity contribution is 9.11. The molecule has 4 N–H and O–H groups in total. The number of nitrogens with zero attached hydrogens (tertiary/aromatic N) is 4. The standard InChI is InChI=1S/C36H49Br2N7O5S/c37-29-22-26(23-30(38)34(29)39)33(46)24-32(41-51(49,50)21-20-42-15-9-27(10-16-42)43-13-4-1-5-14-43)35(47)44-17-11-28(12-18-44)45-19-8-25-6-2-3-7-31(25)40-36(45)48/h2-3,6-7,22-23,27-28,32,41H,1,4-5,8-21,24,39H2,(H,40,48). The van der Waals surface area contributed by atoms with Crippen molar-refractivity contribution in [2.45, 2.75) is 75.9 Å². The van der Waals surface area contributed by atoms with Crippen LogP contribution in [0.1, 0.15) is 67.3 Å². The monoisotopic (exact) mass is 849 g/mol. The zero-order valence-corrected chi connectivity index (χ0v) is 33.0. The fourth-order valence-corrected chi connectivity index (χ4v) is 10.3. The average Bonchev–Trinajstić information content (AvgIpc) is 3.30. The number of likely N-dealkylation sites (tertiary alicyclic amines) is 3. The van der Waals surface area contributed by atoms with E-state index in [0.717, 1.165) is 56.7 Å². The number of carbonyl (C=O) groups is 3. The first kappa shape index (κ1) is 38.2. The number of sulfonamides is 1. The van der Waals surface area contributed by atoms with Gasteiger partial charge in [-0.15, -0.1) is 0 Å². The number of ketones is 1. The number of carbonyl (C=O) groups excluding carboxylic acids is 3. The van der Waals surface area contributed by atoms with Gasteiger partial charge in [0.25, 0.3) is 0 Å². The van der Waals surface area contributed by atoms with Gasteiger partial charge >= 0.3 is 6.03 Å². The van der Waals surface area contributed by atoms with Gasteiger partial charge in [0.15, 0.2) is 5.78 Å². The van der Waals surface area contributed by atoms with Crippen LogP contribution in [0.4, 0.5) is 16.2 Å². The minimum Gasteiger partial charge on any atom is -0.397 e. The minimum absolute atomic E-state index is 0.0660. The van der Waals surface area contributed by atoms with Crippen LogP contribution in [0.2, 0.25) is 0 Å². The Hall–Kier alpha value is -2.56. The summed E-state index contributed by atoms with van der Waals surface area (Å²) in [6.45, 7) is 5.62. The van der Waals surface area contributed by atoms with Crippen LogP contribution >= 0.6 is 31.9 Å². The zero-order valence-electron chi connectivity index (χ0n) is 29.0. The first-order valence-corrected chi connectivity index (χ1v) is 21.4. The van der Waals surface area contributed by atoms with Crippen molar-refractivity contribution in [3.63, 3.8) is 0 Å². The number of amides is 3. The molecule has 0 saturated carbocycles. The van der Waals surface area contributed by atoms with Crippen molar-refractivity contribution in [3.8, 4) is 0 Å². The Kier molecular flexibility index (Phi) is 12.8. The van der Waals surface area contributed by atoms with Crippen LogP contribution in [-0.4, -0.2) is 122 Å². The first-order valence-electron chi connectivity index (χ1n) is 18.2. The molecule has 2 aromatic rings. The molecule has 0 aromatic heterocycles. The molecular weight excluding hydrogens is 802 g/mol. The highest BCUT2D eigenvalue weighted by Gasteiger charge is 2.36. The van der Waals surface area contributed by atoms with Gasteiger partial charge < -0.3 is 30.7 Å². The number of piperidine rings is 3. The van der Waals surface area contributed by atoms with Crippen LogP contribution in [0.5, 0.6) is 0 Å². The van der Waals surface area contributed by atoms with Crippen LogP contribution in [0, 0.1) is 0 Å². The molecule has 0 spiro atoms. The molecule has 12 nitrogen and oxygen atoms in total. The summed E-state index contributed by atoms with van der Waals surface area (Å²) in [7, 11) is -3.92. The van der Waals surface area contributed by atoms with E-state index in [1.165, 1.54) is 19.3 Å². The van der Waals surface area contributed by atoms with Crippen molar-refractivity contribution in [2.75, 3.05) is 69.2 Å². The second-order valence-corrected chi connectivity index (χ2v) is 17.8. The molecule has 0 radical (unpaired) electrons. The maximum Gasteiger partial charge on any atom is 0.322 e. The molecule has 6 rings (SSSR count). The number of rotatable bonds is 11. The number of nitrogen functional groups attached to an aromatic ring is 1. The Morgan fingerprint density at radius 2 is 1.55 bits per heavy atom. The van der Waals surface area contributed by atoms with Crippen molar-refractivity contribution in [3.05, 3.63) is 56.5 Å². The van der Waals surface area contributed by atoms with Gasteiger partial charge in [-0.25, -0.2) is 17.9 Å². The molecule has 3 fully saturated rings. The summed E-state index contributed by atoms with van der Waals surface area (Å²) >= 11 is 6.76. The number of para-hydroxylation sites is 1. The summed E-state index contributed by atoms with van der Waals surface area (Å²) in [6.07, 6.45) is 7.35. The second-order valence-electron chi connectivity index (χ2n) is 14.2. The predicted molar refractivity (Wildman–Crippen MR) is 206 cm³/mol. The van der Waals surface area contributed by atoms with Gasteiger partial charge in [-0.2, -0.15) is 0 Å². The third kappa shape index (κ3) is 9.71. The summed E-state index contributed by atoms with van der Waals surface area (Å²) in [6, 6.07) is 10.0. The number of nitrogens with two attached hydrogens (primary N) is 1. The van der Waals surface area contributed by atoms with Crippen LogP contribution in [0.25, 0.3) is 0 Å². The number of hydrogen-bond donors (Lipinski definition) is 3. The fraction of sp³-hybridized carbons (Fsp3) is 0.583. The molecule has 3 saturated heterocycles.